The lowest BCUT2D eigenvalue weighted by molar-refractivity contribution is -0.671. The zero-order chi connectivity index (χ0) is 8.48. The van der Waals surface area contributed by atoms with Crippen LogP contribution in [0, 0.1) is 0 Å². The maximum absolute atomic E-state index is 10.1. The molecule has 6 nitrogen and oxygen atoms in total. The minimum Gasteiger partial charge on any atom is -0.251 e. The molecule has 0 saturated heterocycles. The van der Waals surface area contributed by atoms with Gasteiger partial charge in [-0.2, -0.15) is 12.7 Å². The van der Waals surface area contributed by atoms with Crippen LogP contribution >= 0.6 is 0 Å². The molecular formula is C4H7N2O4S+. The minimum atomic E-state index is -4.41. The van der Waals surface area contributed by atoms with Crippen molar-refractivity contribution in [2.45, 2.75) is 0 Å². The molecule has 0 spiro atoms. The Balaban J connectivity index is 2.81. The van der Waals surface area contributed by atoms with Crippen LogP contribution in [-0.2, 0) is 17.4 Å². The second-order valence-corrected chi connectivity index (χ2v) is 2.95. The molecule has 1 aromatic rings. The van der Waals surface area contributed by atoms with Gasteiger partial charge in [0.2, 0.25) is 0 Å². The van der Waals surface area contributed by atoms with Crippen LogP contribution in [0.25, 0.3) is 0 Å². The van der Waals surface area contributed by atoms with Crippen molar-refractivity contribution in [1.82, 2.24) is 4.73 Å². The summed E-state index contributed by atoms with van der Waals surface area (Å²) in [5.41, 5.74) is 0. The van der Waals surface area contributed by atoms with Crippen molar-refractivity contribution >= 4 is 10.4 Å². The molecule has 0 radical (unpaired) electrons. The summed E-state index contributed by atoms with van der Waals surface area (Å²) in [5, 5.41) is 0. The minimum absolute atomic E-state index is 0.870. The molecule has 1 N–H and O–H groups in total. The Hall–Kier alpha value is -1.08. The topological polar surface area (TPSA) is 72.4 Å². The predicted molar refractivity (Wildman–Crippen MR) is 33.7 cm³/mol. The van der Waals surface area contributed by atoms with E-state index in [9.17, 15) is 8.42 Å². The summed E-state index contributed by atoms with van der Waals surface area (Å²) in [7, 11) is -2.73. The molecule has 11 heavy (non-hydrogen) atoms. The lowest BCUT2D eigenvalue weighted by Crippen LogP contribution is -2.26. The van der Waals surface area contributed by atoms with Crippen molar-refractivity contribution in [2.24, 2.45) is 7.05 Å². The van der Waals surface area contributed by atoms with Crippen LogP contribution in [0.5, 0.6) is 0 Å². The maximum Gasteiger partial charge on any atom is 0.481 e. The lowest BCUT2D eigenvalue weighted by atomic mass is 10.9. The van der Waals surface area contributed by atoms with Gasteiger partial charge in [-0.05, 0) is 4.73 Å². The summed E-state index contributed by atoms with van der Waals surface area (Å²) in [6, 6.07) is 0. The van der Waals surface area contributed by atoms with Crippen LogP contribution in [-0.4, -0.2) is 17.7 Å². The quantitative estimate of drug-likeness (QED) is 0.445. The molecule has 1 heterocycles. The van der Waals surface area contributed by atoms with Crippen molar-refractivity contribution < 1.29 is 21.8 Å². The van der Waals surface area contributed by atoms with Crippen molar-refractivity contribution in [3.8, 4) is 0 Å². The van der Waals surface area contributed by atoms with E-state index in [0.717, 1.165) is 4.73 Å². The van der Waals surface area contributed by atoms with Crippen molar-refractivity contribution in [1.29, 1.82) is 0 Å². The molecule has 0 aliphatic heterocycles. The lowest BCUT2D eigenvalue weighted by Gasteiger charge is -1.90. The summed E-state index contributed by atoms with van der Waals surface area (Å²) in [6.45, 7) is 0. The molecule has 7 heteroatoms. The first kappa shape index (κ1) is 8.02. The van der Waals surface area contributed by atoms with E-state index < -0.39 is 10.4 Å². The third kappa shape index (κ3) is 2.56. The third-order valence-corrected chi connectivity index (χ3v) is 1.29. The van der Waals surface area contributed by atoms with Gasteiger partial charge in [0.15, 0.2) is 6.20 Å². The number of aromatic nitrogens is 2. The van der Waals surface area contributed by atoms with Crippen LogP contribution in [0.4, 0.5) is 0 Å². The molecule has 0 atom stereocenters. The van der Waals surface area contributed by atoms with Gasteiger partial charge in [0.05, 0.1) is 7.05 Å². The van der Waals surface area contributed by atoms with E-state index in [1.807, 2.05) is 0 Å². The molecule has 0 aliphatic carbocycles. The van der Waals surface area contributed by atoms with Gasteiger partial charge in [0.1, 0.15) is 6.20 Å². The zero-order valence-electron chi connectivity index (χ0n) is 5.71. The van der Waals surface area contributed by atoms with Crippen LogP contribution in [0.15, 0.2) is 18.7 Å². The monoisotopic (exact) mass is 179 g/mol. The summed E-state index contributed by atoms with van der Waals surface area (Å²) in [5.74, 6) is 0. The molecule has 0 fully saturated rings. The first-order valence-corrected chi connectivity index (χ1v) is 4.04. The molecule has 0 aliphatic rings. The van der Waals surface area contributed by atoms with Crippen molar-refractivity contribution in [3.63, 3.8) is 0 Å². The van der Waals surface area contributed by atoms with E-state index in [4.69, 9.17) is 4.55 Å². The number of hydrogen-bond donors (Lipinski definition) is 1. The van der Waals surface area contributed by atoms with Gasteiger partial charge in [-0.3, -0.25) is 4.55 Å². The Bertz CT molecular complexity index is 341. The standard InChI is InChI=1S/C4H6N2O4S/c1-5-2-3-6(4-5)10-11(7,8)9/h2-4H,1H3/p+1. The first-order chi connectivity index (χ1) is 4.97. The van der Waals surface area contributed by atoms with E-state index in [1.165, 1.54) is 12.5 Å². The van der Waals surface area contributed by atoms with E-state index >= 15 is 0 Å². The van der Waals surface area contributed by atoms with Gasteiger partial charge in [-0.25, -0.2) is 4.57 Å². The average Bonchev–Trinajstić information content (AvgIpc) is 2.10. The van der Waals surface area contributed by atoms with Crippen LogP contribution in [0.3, 0.4) is 0 Å². The highest BCUT2D eigenvalue weighted by Crippen LogP contribution is 1.82. The number of hydrogen-bond acceptors (Lipinski definition) is 3. The number of nitrogens with zero attached hydrogens (tertiary/aromatic N) is 2. The molecular weight excluding hydrogens is 172 g/mol. The highest BCUT2D eigenvalue weighted by molar-refractivity contribution is 7.81. The summed E-state index contributed by atoms with van der Waals surface area (Å²) in [4.78, 5) is 0. The fraction of sp³-hybridized carbons (Fsp3) is 0.250. The van der Waals surface area contributed by atoms with Gasteiger partial charge >= 0.3 is 10.4 Å². The Kier molecular flexibility index (Phi) is 1.83. The molecule has 1 aromatic heterocycles. The Labute approximate surface area is 63.6 Å². The van der Waals surface area contributed by atoms with Gasteiger partial charge in [-0.1, -0.05) is 0 Å². The summed E-state index contributed by atoms with van der Waals surface area (Å²) in [6.07, 6.45) is 4.24. The number of aryl methyl sites for hydroxylation is 1. The number of rotatable bonds is 2. The smallest absolute Gasteiger partial charge is 0.251 e. The van der Waals surface area contributed by atoms with E-state index in [0.29, 0.717) is 0 Å². The van der Waals surface area contributed by atoms with E-state index in [-0.39, 0.29) is 0 Å². The zero-order valence-corrected chi connectivity index (χ0v) is 6.52. The second-order valence-electron chi connectivity index (χ2n) is 1.94. The van der Waals surface area contributed by atoms with Crippen LogP contribution in [0.2, 0.25) is 0 Å². The average molecular weight is 179 g/mol. The Morgan fingerprint density at radius 1 is 1.64 bits per heavy atom. The predicted octanol–water partition coefficient (Wildman–Crippen LogP) is -1.46. The van der Waals surface area contributed by atoms with Crippen LogP contribution < -0.4 is 8.85 Å². The Morgan fingerprint density at radius 3 is 2.64 bits per heavy atom. The summed E-state index contributed by atoms with van der Waals surface area (Å²) >= 11 is 0. The van der Waals surface area contributed by atoms with Gasteiger partial charge in [0.25, 0.3) is 6.33 Å². The Morgan fingerprint density at radius 2 is 2.27 bits per heavy atom. The molecule has 0 aromatic carbocycles. The van der Waals surface area contributed by atoms with E-state index in [1.54, 1.807) is 17.8 Å². The fourth-order valence-corrected chi connectivity index (χ4v) is 0.886. The largest absolute Gasteiger partial charge is 0.481 e. The number of imidazole rings is 1. The molecule has 1 rings (SSSR count). The normalized spacial score (nSPS) is 11.5. The summed E-state index contributed by atoms with van der Waals surface area (Å²) < 4.78 is 34.9. The van der Waals surface area contributed by atoms with Gasteiger partial charge < -0.3 is 0 Å². The molecule has 62 valence electrons. The van der Waals surface area contributed by atoms with Gasteiger partial charge in [0, 0.05) is 0 Å². The van der Waals surface area contributed by atoms with Gasteiger partial charge in [-0.15, -0.1) is 0 Å². The van der Waals surface area contributed by atoms with Crippen molar-refractivity contribution in [3.05, 3.63) is 18.7 Å². The molecule has 0 unspecified atom stereocenters. The maximum atomic E-state index is 10.1. The van der Waals surface area contributed by atoms with Crippen molar-refractivity contribution in [2.75, 3.05) is 0 Å². The molecule has 0 amide bonds. The van der Waals surface area contributed by atoms with Crippen LogP contribution in [0.1, 0.15) is 0 Å². The molecule has 0 bridgehead atoms. The highest BCUT2D eigenvalue weighted by Gasteiger charge is 2.10. The van der Waals surface area contributed by atoms with E-state index in [2.05, 4.69) is 4.28 Å². The SMILES string of the molecule is C[n+]1ccn(OS(=O)(=O)O)c1. The first-order valence-electron chi connectivity index (χ1n) is 2.68. The fourth-order valence-electron chi connectivity index (χ4n) is 0.580. The molecule has 0 saturated carbocycles. The third-order valence-electron chi connectivity index (χ3n) is 0.925. The second kappa shape index (κ2) is 2.51. The highest BCUT2D eigenvalue weighted by atomic mass is 32.3.